The Kier molecular flexibility index (Phi) is 6.10. The fourth-order valence-corrected chi connectivity index (χ4v) is 2.81. The lowest BCUT2D eigenvalue weighted by atomic mass is 10.2. The van der Waals surface area contributed by atoms with E-state index in [0.29, 0.717) is 12.5 Å². The van der Waals surface area contributed by atoms with Gasteiger partial charge in [0.1, 0.15) is 5.50 Å². The molecule has 0 spiro atoms. The van der Waals surface area contributed by atoms with Crippen LogP contribution in [0.5, 0.6) is 0 Å². The summed E-state index contributed by atoms with van der Waals surface area (Å²) in [6, 6.07) is 0.312. The van der Waals surface area contributed by atoms with Crippen LogP contribution in [0.1, 0.15) is 46.0 Å². The van der Waals surface area contributed by atoms with Crippen molar-refractivity contribution in [3.63, 3.8) is 0 Å². The fraction of sp³-hybridized carbons (Fsp3) is 0.909. The van der Waals surface area contributed by atoms with Crippen molar-refractivity contribution in [3.05, 3.63) is 0 Å². The summed E-state index contributed by atoms with van der Waals surface area (Å²) < 4.78 is 0. The van der Waals surface area contributed by atoms with Crippen molar-refractivity contribution in [1.82, 2.24) is 10.6 Å². The minimum atomic E-state index is 0.128. The molecule has 1 aliphatic heterocycles. The molecule has 0 aliphatic carbocycles. The van der Waals surface area contributed by atoms with Crippen LogP contribution >= 0.6 is 11.8 Å². The third-order valence-corrected chi connectivity index (χ3v) is 3.61. The van der Waals surface area contributed by atoms with Gasteiger partial charge in [-0.2, -0.15) is 0 Å². The Hall–Kier alpha value is -0.220. The second kappa shape index (κ2) is 7.12. The van der Waals surface area contributed by atoms with Gasteiger partial charge in [0.05, 0.1) is 0 Å². The summed E-state index contributed by atoms with van der Waals surface area (Å²) in [5.74, 6) is 1.30. The maximum Gasteiger partial charge on any atom is 0.223 e. The van der Waals surface area contributed by atoms with Gasteiger partial charge in [0, 0.05) is 12.5 Å². The molecule has 1 fully saturated rings. The van der Waals surface area contributed by atoms with Crippen LogP contribution in [0.3, 0.4) is 0 Å². The maximum atomic E-state index is 11.3. The summed E-state index contributed by atoms with van der Waals surface area (Å²) >= 11 is 1.81. The number of rotatable bonds is 6. The van der Waals surface area contributed by atoms with Gasteiger partial charge in [0.2, 0.25) is 5.91 Å². The van der Waals surface area contributed by atoms with Crippen molar-refractivity contribution < 1.29 is 4.79 Å². The minimum absolute atomic E-state index is 0.128. The van der Waals surface area contributed by atoms with E-state index in [-0.39, 0.29) is 11.4 Å². The molecule has 0 bridgehead atoms. The predicted molar refractivity (Wildman–Crippen MR) is 65.7 cm³/mol. The van der Waals surface area contributed by atoms with E-state index in [1.54, 1.807) is 0 Å². The van der Waals surface area contributed by atoms with Crippen molar-refractivity contribution >= 4 is 17.7 Å². The average Bonchev–Trinajstić information content (AvgIpc) is 2.16. The third kappa shape index (κ3) is 5.42. The molecule has 1 aliphatic rings. The smallest absolute Gasteiger partial charge is 0.223 e. The SMILES string of the molecule is CCCCCCSC1NC(=O)CC(C)N1. The maximum absolute atomic E-state index is 11.3. The molecule has 2 unspecified atom stereocenters. The van der Waals surface area contributed by atoms with Crippen LogP contribution in [-0.2, 0) is 4.79 Å². The van der Waals surface area contributed by atoms with Crippen molar-refractivity contribution in [3.8, 4) is 0 Å². The fourth-order valence-electron chi connectivity index (χ4n) is 1.66. The standard InChI is InChI=1S/C11H22N2OS/c1-3-4-5-6-7-15-11-12-9(2)8-10(14)13-11/h9,11-12H,3-8H2,1-2H3,(H,13,14). The number of nitrogens with one attached hydrogen (secondary N) is 2. The first kappa shape index (κ1) is 12.8. The highest BCUT2D eigenvalue weighted by molar-refractivity contribution is 7.99. The largest absolute Gasteiger partial charge is 0.332 e. The summed E-state index contributed by atoms with van der Waals surface area (Å²) in [5.41, 5.74) is 0.128. The number of carbonyl (C=O) groups is 1. The van der Waals surface area contributed by atoms with Crippen molar-refractivity contribution in [2.45, 2.75) is 57.5 Å². The van der Waals surface area contributed by atoms with Crippen LogP contribution in [0.15, 0.2) is 0 Å². The lowest BCUT2D eigenvalue weighted by Crippen LogP contribution is -2.53. The Morgan fingerprint density at radius 1 is 1.40 bits per heavy atom. The molecule has 2 N–H and O–H groups in total. The number of amides is 1. The lowest BCUT2D eigenvalue weighted by Gasteiger charge is -2.28. The summed E-state index contributed by atoms with van der Waals surface area (Å²) in [4.78, 5) is 11.3. The predicted octanol–water partition coefficient (Wildman–Crippen LogP) is 2.08. The molecule has 1 amide bonds. The van der Waals surface area contributed by atoms with Gasteiger partial charge >= 0.3 is 0 Å². The van der Waals surface area contributed by atoms with Gasteiger partial charge in [-0.15, -0.1) is 11.8 Å². The molecule has 1 rings (SSSR count). The lowest BCUT2D eigenvalue weighted by molar-refractivity contribution is -0.123. The Balaban J connectivity index is 2.07. The third-order valence-electron chi connectivity index (χ3n) is 2.50. The monoisotopic (exact) mass is 230 g/mol. The van der Waals surface area contributed by atoms with Crippen molar-refractivity contribution in [2.75, 3.05) is 5.75 Å². The summed E-state index contributed by atoms with van der Waals surface area (Å²) in [5, 5.41) is 6.32. The molecule has 0 aromatic carbocycles. The molecule has 0 saturated carbocycles. The highest BCUT2D eigenvalue weighted by atomic mass is 32.2. The molecule has 2 atom stereocenters. The quantitative estimate of drug-likeness (QED) is 0.686. The first-order valence-corrected chi connectivity index (χ1v) is 6.94. The van der Waals surface area contributed by atoms with Gasteiger partial charge in [-0.3, -0.25) is 10.1 Å². The minimum Gasteiger partial charge on any atom is -0.332 e. The Bertz CT molecular complexity index is 199. The van der Waals surface area contributed by atoms with Gasteiger partial charge in [0.15, 0.2) is 0 Å². The second-order valence-corrected chi connectivity index (χ2v) is 5.36. The Morgan fingerprint density at radius 2 is 2.20 bits per heavy atom. The zero-order chi connectivity index (χ0) is 11.1. The average molecular weight is 230 g/mol. The van der Waals surface area contributed by atoms with E-state index in [4.69, 9.17) is 0 Å². The van der Waals surface area contributed by atoms with Gasteiger partial charge in [-0.1, -0.05) is 26.2 Å². The van der Waals surface area contributed by atoms with Crippen LogP contribution < -0.4 is 10.6 Å². The number of carbonyl (C=O) groups excluding carboxylic acids is 1. The van der Waals surface area contributed by atoms with Gasteiger partial charge < -0.3 is 5.32 Å². The molecule has 0 aromatic rings. The molecule has 88 valence electrons. The normalized spacial score (nSPS) is 26.4. The Labute approximate surface area is 96.8 Å². The van der Waals surface area contributed by atoms with Gasteiger partial charge in [0.25, 0.3) is 0 Å². The first-order chi connectivity index (χ1) is 7.22. The topological polar surface area (TPSA) is 41.1 Å². The second-order valence-electron chi connectivity index (χ2n) is 4.15. The molecule has 0 radical (unpaired) electrons. The highest BCUT2D eigenvalue weighted by Gasteiger charge is 2.22. The van der Waals surface area contributed by atoms with Crippen LogP contribution in [0.2, 0.25) is 0 Å². The molecule has 1 heterocycles. The number of unbranched alkanes of at least 4 members (excludes halogenated alkanes) is 3. The van der Waals surface area contributed by atoms with E-state index in [1.165, 1.54) is 25.7 Å². The zero-order valence-corrected chi connectivity index (χ0v) is 10.5. The molecular weight excluding hydrogens is 208 g/mol. The molecule has 0 aromatic heterocycles. The Morgan fingerprint density at radius 3 is 2.87 bits per heavy atom. The molecule has 4 heteroatoms. The number of hydrogen-bond donors (Lipinski definition) is 2. The number of hydrogen-bond acceptors (Lipinski definition) is 3. The van der Waals surface area contributed by atoms with E-state index in [2.05, 4.69) is 24.5 Å². The van der Waals surface area contributed by atoms with E-state index >= 15 is 0 Å². The highest BCUT2D eigenvalue weighted by Crippen LogP contribution is 2.14. The van der Waals surface area contributed by atoms with Gasteiger partial charge in [-0.25, -0.2) is 0 Å². The summed E-state index contributed by atoms with van der Waals surface area (Å²) in [6.07, 6.45) is 5.76. The van der Waals surface area contributed by atoms with E-state index in [9.17, 15) is 4.79 Å². The summed E-state index contributed by atoms with van der Waals surface area (Å²) in [7, 11) is 0. The van der Waals surface area contributed by atoms with E-state index in [0.717, 1.165) is 5.75 Å². The van der Waals surface area contributed by atoms with Gasteiger partial charge in [-0.05, 0) is 19.1 Å². The molecule has 15 heavy (non-hydrogen) atoms. The number of thioether (sulfide) groups is 1. The first-order valence-electron chi connectivity index (χ1n) is 5.89. The van der Waals surface area contributed by atoms with Crippen LogP contribution in [0.4, 0.5) is 0 Å². The summed E-state index contributed by atoms with van der Waals surface area (Å²) in [6.45, 7) is 4.28. The van der Waals surface area contributed by atoms with Crippen LogP contribution in [0, 0.1) is 0 Å². The van der Waals surface area contributed by atoms with E-state index in [1.807, 2.05) is 11.8 Å². The van der Waals surface area contributed by atoms with Crippen LogP contribution in [0.25, 0.3) is 0 Å². The van der Waals surface area contributed by atoms with Crippen molar-refractivity contribution in [2.24, 2.45) is 0 Å². The molecule has 3 nitrogen and oxygen atoms in total. The molecular formula is C11H22N2OS. The van der Waals surface area contributed by atoms with E-state index < -0.39 is 0 Å². The van der Waals surface area contributed by atoms with Crippen molar-refractivity contribution in [1.29, 1.82) is 0 Å². The van der Waals surface area contributed by atoms with Crippen LogP contribution in [-0.4, -0.2) is 23.2 Å². The zero-order valence-electron chi connectivity index (χ0n) is 9.71. The molecule has 1 saturated heterocycles.